The second kappa shape index (κ2) is 5.94. The monoisotopic (exact) mass is 246 g/mol. The Kier molecular flexibility index (Phi) is 4.29. The Labute approximate surface area is 107 Å². The third-order valence-corrected chi connectivity index (χ3v) is 3.58. The molecule has 90 valence electrons. The summed E-state index contributed by atoms with van der Waals surface area (Å²) in [5.74, 6) is 0. The molecule has 1 aromatic carbocycles. The number of hydrogen-bond donors (Lipinski definition) is 1. The Balaban J connectivity index is 1.97. The van der Waals surface area contributed by atoms with Crippen LogP contribution in [-0.4, -0.2) is 11.0 Å². The van der Waals surface area contributed by atoms with Crippen molar-refractivity contribution in [1.82, 2.24) is 4.98 Å². The average Bonchev–Trinajstić information content (AvgIpc) is 2.78. The molecular formula is C14H18N2S. The van der Waals surface area contributed by atoms with Crippen molar-refractivity contribution in [2.24, 2.45) is 5.73 Å². The predicted molar refractivity (Wildman–Crippen MR) is 74.1 cm³/mol. The van der Waals surface area contributed by atoms with E-state index in [4.69, 9.17) is 5.73 Å². The summed E-state index contributed by atoms with van der Waals surface area (Å²) < 4.78 is 0. The number of aryl methyl sites for hydroxylation is 1. The first-order valence-electron chi connectivity index (χ1n) is 6.01. The highest BCUT2D eigenvalue weighted by Crippen LogP contribution is 2.22. The molecule has 1 aromatic heterocycles. The smallest absolute Gasteiger partial charge is 0.0932 e. The molecule has 0 aliphatic carbocycles. The summed E-state index contributed by atoms with van der Waals surface area (Å²) in [5, 5.41) is 3.35. The van der Waals surface area contributed by atoms with E-state index in [1.54, 1.807) is 11.3 Å². The fraction of sp³-hybridized carbons (Fsp3) is 0.357. The lowest BCUT2D eigenvalue weighted by Gasteiger charge is -2.02. The topological polar surface area (TPSA) is 38.9 Å². The maximum Gasteiger partial charge on any atom is 0.0932 e. The van der Waals surface area contributed by atoms with E-state index >= 15 is 0 Å². The molecule has 1 heterocycles. The molecule has 0 bridgehead atoms. The van der Waals surface area contributed by atoms with Crippen molar-refractivity contribution in [3.63, 3.8) is 0 Å². The Hall–Kier alpha value is -1.19. The highest BCUT2D eigenvalue weighted by atomic mass is 32.1. The van der Waals surface area contributed by atoms with Gasteiger partial charge in [0.15, 0.2) is 0 Å². The molecule has 1 atom stereocenters. The molecule has 0 spiro atoms. The van der Waals surface area contributed by atoms with Gasteiger partial charge in [-0.25, -0.2) is 4.98 Å². The first kappa shape index (κ1) is 12.3. The molecular weight excluding hydrogens is 228 g/mol. The maximum absolute atomic E-state index is 5.74. The standard InChI is InChI=1S/C14H18N2S/c1-11(15)6-5-9-14-16-13(10-17-14)12-7-3-2-4-8-12/h2-4,7-8,10-11H,5-6,9,15H2,1H3. The van der Waals surface area contributed by atoms with Crippen LogP contribution in [0.5, 0.6) is 0 Å². The second-order valence-corrected chi connectivity index (χ2v) is 5.30. The third-order valence-electron chi connectivity index (χ3n) is 2.67. The van der Waals surface area contributed by atoms with Crippen molar-refractivity contribution in [2.45, 2.75) is 32.2 Å². The van der Waals surface area contributed by atoms with E-state index in [9.17, 15) is 0 Å². The average molecular weight is 246 g/mol. The first-order valence-corrected chi connectivity index (χ1v) is 6.89. The number of nitrogens with zero attached hydrogens (tertiary/aromatic N) is 1. The quantitative estimate of drug-likeness (QED) is 0.877. The van der Waals surface area contributed by atoms with E-state index in [1.807, 2.05) is 18.2 Å². The minimum absolute atomic E-state index is 0.295. The van der Waals surface area contributed by atoms with Gasteiger partial charge in [-0.15, -0.1) is 11.3 Å². The zero-order chi connectivity index (χ0) is 12.1. The van der Waals surface area contributed by atoms with E-state index < -0.39 is 0 Å². The molecule has 0 saturated carbocycles. The van der Waals surface area contributed by atoms with Crippen molar-refractivity contribution < 1.29 is 0 Å². The van der Waals surface area contributed by atoms with Gasteiger partial charge in [-0.05, 0) is 26.2 Å². The Bertz CT molecular complexity index is 448. The number of hydrogen-bond acceptors (Lipinski definition) is 3. The predicted octanol–water partition coefficient (Wildman–Crippen LogP) is 3.48. The van der Waals surface area contributed by atoms with Crippen LogP contribution in [0.25, 0.3) is 11.3 Å². The van der Waals surface area contributed by atoms with Gasteiger partial charge in [0.05, 0.1) is 10.7 Å². The highest BCUT2D eigenvalue weighted by molar-refractivity contribution is 7.09. The van der Waals surface area contributed by atoms with Gasteiger partial charge >= 0.3 is 0 Å². The lowest BCUT2D eigenvalue weighted by atomic mass is 10.1. The number of aromatic nitrogens is 1. The molecule has 0 aliphatic rings. The first-order chi connectivity index (χ1) is 8.25. The van der Waals surface area contributed by atoms with Crippen LogP contribution in [0.3, 0.4) is 0 Å². The normalized spacial score (nSPS) is 12.6. The van der Waals surface area contributed by atoms with Gasteiger partial charge in [-0.1, -0.05) is 30.3 Å². The molecule has 0 amide bonds. The lowest BCUT2D eigenvalue weighted by Crippen LogP contribution is -2.14. The minimum Gasteiger partial charge on any atom is -0.328 e. The van der Waals surface area contributed by atoms with Gasteiger partial charge in [0.1, 0.15) is 0 Å². The van der Waals surface area contributed by atoms with E-state index in [0.29, 0.717) is 6.04 Å². The van der Waals surface area contributed by atoms with E-state index in [1.165, 1.54) is 10.6 Å². The minimum atomic E-state index is 0.295. The fourth-order valence-electron chi connectivity index (χ4n) is 1.74. The van der Waals surface area contributed by atoms with Gasteiger partial charge in [-0.3, -0.25) is 0 Å². The molecule has 0 radical (unpaired) electrons. The molecule has 2 aromatic rings. The van der Waals surface area contributed by atoms with Gasteiger partial charge in [-0.2, -0.15) is 0 Å². The van der Waals surface area contributed by atoms with Crippen molar-refractivity contribution in [2.75, 3.05) is 0 Å². The summed E-state index contributed by atoms with van der Waals surface area (Å²) in [6, 6.07) is 10.6. The van der Waals surface area contributed by atoms with Crippen LogP contribution in [0.4, 0.5) is 0 Å². The van der Waals surface area contributed by atoms with Crippen molar-refractivity contribution in [3.8, 4) is 11.3 Å². The summed E-state index contributed by atoms with van der Waals surface area (Å²) in [4.78, 5) is 4.66. The van der Waals surface area contributed by atoms with Gasteiger partial charge in [0.2, 0.25) is 0 Å². The summed E-state index contributed by atoms with van der Waals surface area (Å²) in [6.45, 7) is 2.05. The number of nitrogens with two attached hydrogens (primary N) is 1. The van der Waals surface area contributed by atoms with Crippen LogP contribution in [0.1, 0.15) is 24.8 Å². The van der Waals surface area contributed by atoms with Crippen LogP contribution >= 0.6 is 11.3 Å². The van der Waals surface area contributed by atoms with Crippen LogP contribution in [0.2, 0.25) is 0 Å². The molecule has 0 fully saturated rings. The molecule has 3 heteroatoms. The SMILES string of the molecule is CC(N)CCCc1nc(-c2ccccc2)cs1. The van der Waals surface area contributed by atoms with Gasteiger partial charge in [0, 0.05) is 17.0 Å². The molecule has 2 rings (SSSR count). The number of thiazole rings is 1. The zero-order valence-electron chi connectivity index (χ0n) is 10.1. The molecule has 2 N–H and O–H groups in total. The van der Waals surface area contributed by atoms with Crippen molar-refractivity contribution in [1.29, 1.82) is 0 Å². The van der Waals surface area contributed by atoms with Crippen LogP contribution in [0, 0.1) is 0 Å². The molecule has 1 unspecified atom stereocenters. The summed E-state index contributed by atoms with van der Waals surface area (Å²) in [6.07, 6.45) is 3.23. The Morgan fingerprint density at radius 2 is 2.06 bits per heavy atom. The lowest BCUT2D eigenvalue weighted by molar-refractivity contribution is 0.623. The molecule has 0 saturated heterocycles. The van der Waals surface area contributed by atoms with Crippen LogP contribution in [-0.2, 0) is 6.42 Å². The fourth-order valence-corrected chi connectivity index (χ4v) is 2.59. The number of rotatable bonds is 5. The van der Waals surface area contributed by atoms with Gasteiger partial charge < -0.3 is 5.73 Å². The Morgan fingerprint density at radius 3 is 2.76 bits per heavy atom. The largest absolute Gasteiger partial charge is 0.328 e. The second-order valence-electron chi connectivity index (χ2n) is 4.36. The maximum atomic E-state index is 5.74. The van der Waals surface area contributed by atoms with Gasteiger partial charge in [0.25, 0.3) is 0 Å². The van der Waals surface area contributed by atoms with Crippen molar-refractivity contribution >= 4 is 11.3 Å². The molecule has 2 nitrogen and oxygen atoms in total. The van der Waals surface area contributed by atoms with Crippen LogP contribution in [0.15, 0.2) is 35.7 Å². The zero-order valence-corrected chi connectivity index (χ0v) is 10.9. The van der Waals surface area contributed by atoms with Crippen molar-refractivity contribution in [3.05, 3.63) is 40.7 Å². The summed E-state index contributed by atoms with van der Waals surface area (Å²) in [5.41, 5.74) is 8.02. The molecule has 17 heavy (non-hydrogen) atoms. The highest BCUT2D eigenvalue weighted by Gasteiger charge is 2.04. The summed E-state index contributed by atoms with van der Waals surface area (Å²) >= 11 is 1.74. The van der Waals surface area contributed by atoms with E-state index in [-0.39, 0.29) is 0 Å². The Morgan fingerprint density at radius 1 is 1.29 bits per heavy atom. The third kappa shape index (κ3) is 3.65. The summed E-state index contributed by atoms with van der Waals surface area (Å²) in [7, 11) is 0. The van der Waals surface area contributed by atoms with E-state index in [0.717, 1.165) is 25.0 Å². The van der Waals surface area contributed by atoms with Crippen LogP contribution < -0.4 is 5.73 Å². The van der Waals surface area contributed by atoms with E-state index in [2.05, 4.69) is 29.4 Å². The number of benzene rings is 1. The molecule has 0 aliphatic heterocycles.